The van der Waals surface area contributed by atoms with Gasteiger partial charge in [-0.25, -0.2) is 13.6 Å². The molecule has 2 aromatic rings. The number of carbonyl (C=O) groups is 1. The lowest BCUT2D eigenvalue weighted by atomic mass is 9.91. The molecule has 0 fully saturated rings. The number of methoxy groups -OCH3 is 1. The van der Waals surface area contributed by atoms with Crippen LogP contribution in [0.5, 0.6) is 0 Å². The first kappa shape index (κ1) is 15.0. The van der Waals surface area contributed by atoms with Crippen LogP contribution in [0.4, 0.5) is 14.5 Å². The largest absolute Gasteiger partial charge is 0.467 e. The van der Waals surface area contributed by atoms with Crippen LogP contribution in [-0.4, -0.2) is 13.1 Å². The van der Waals surface area contributed by atoms with Gasteiger partial charge in [-0.1, -0.05) is 24.3 Å². The Bertz CT molecular complexity index is 660. The second-order valence-electron chi connectivity index (χ2n) is 4.73. The first-order valence-corrected chi connectivity index (χ1v) is 6.34. The van der Waals surface area contributed by atoms with Crippen molar-refractivity contribution in [2.45, 2.75) is 12.5 Å². The Balaban J connectivity index is 2.48. The van der Waals surface area contributed by atoms with Gasteiger partial charge in [0.05, 0.1) is 7.11 Å². The fourth-order valence-corrected chi connectivity index (χ4v) is 2.15. The smallest absolute Gasteiger partial charge is 0.336 e. The maximum Gasteiger partial charge on any atom is 0.336 e. The lowest BCUT2D eigenvalue weighted by molar-refractivity contribution is -0.145. The van der Waals surface area contributed by atoms with Crippen LogP contribution < -0.4 is 5.32 Å². The number of hydrogen-bond acceptors (Lipinski definition) is 3. The van der Waals surface area contributed by atoms with Gasteiger partial charge in [0.2, 0.25) is 0 Å². The van der Waals surface area contributed by atoms with E-state index in [0.29, 0.717) is 5.69 Å². The maximum atomic E-state index is 14.0. The van der Waals surface area contributed by atoms with E-state index in [1.165, 1.54) is 50.4 Å². The SMILES string of the molecule is COC(=O)C(C)(Nc1cccc(F)c1)c1ccccc1F. The molecular formula is C16H15F2NO2. The first-order valence-electron chi connectivity index (χ1n) is 6.34. The molecule has 2 aromatic carbocycles. The summed E-state index contributed by atoms with van der Waals surface area (Å²) in [4.78, 5) is 12.1. The molecule has 0 radical (unpaired) electrons. The molecule has 1 N–H and O–H groups in total. The molecule has 0 heterocycles. The molecule has 21 heavy (non-hydrogen) atoms. The van der Waals surface area contributed by atoms with E-state index in [1.807, 2.05) is 0 Å². The molecule has 0 bridgehead atoms. The number of halogens is 2. The summed E-state index contributed by atoms with van der Waals surface area (Å²) >= 11 is 0. The van der Waals surface area contributed by atoms with Gasteiger partial charge in [0.15, 0.2) is 5.54 Å². The van der Waals surface area contributed by atoms with Crippen molar-refractivity contribution in [3.8, 4) is 0 Å². The van der Waals surface area contributed by atoms with E-state index in [9.17, 15) is 13.6 Å². The molecule has 110 valence electrons. The highest BCUT2D eigenvalue weighted by molar-refractivity contribution is 5.85. The Morgan fingerprint density at radius 1 is 1.14 bits per heavy atom. The second kappa shape index (κ2) is 5.91. The number of anilines is 1. The van der Waals surface area contributed by atoms with Crippen LogP contribution in [-0.2, 0) is 15.1 Å². The molecule has 0 aliphatic carbocycles. The van der Waals surface area contributed by atoms with E-state index in [0.717, 1.165) is 0 Å². The Morgan fingerprint density at radius 2 is 1.86 bits per heavy atom. The molecule has 0 aliphatic heterocycles. The normalized spacial score (nSPS) is 13.3. The zero-order valence-electron chi connectivity index (χ0n) is 11.7. The third-order valence-corrected chi connectivity index (χ3v) is 3.23. The van der Waals surface area contributed by atoms with E-state index < -0.39 is 23.1 Å². The Morgan fingerprint density at radius 3 is 2.48 bits per heavy atom. The van der Waals surface area contributed by atoms with Gasteiger partial charge in [0.25, 0.3) is 0 Å². The van der Waals surface area contributed by atoms with Crippen molar-refractivity contribution in [2.75, 3.05) is 12.4 Å². The molecule has 1 unspecified atom stereocenters. The van der Waals surface area contributed by atoms with Gasteiger partial charge >= 0.3 is 5.97 Å². The van der Waals surface area contributed by atoms with Gasteiger partial charge in [0.1, 0.15) is 11.6 Å². The third-order valence-electron chi connectivity index (χ3n) is 3.23. The predicted molar refractivity (Wildman–Crippen MR) is 75.8 cm³/mol. The molecular weight excluding hydrogens is 276 g/mol. The van der Waals surface area contributed by atoms with Crippen molar-refractivity contribution in [1.29, 1.82) is 0 Å². The molecule has 5 heteroatoms. The van der Waals surface area contributed by atoms with Gasteiger partial charge in [-0.3, -0.25) is 0 Å². The Labute approximate surface area is 121 Å². The minimum Gasteiger partial charge on any atom is -0.467 e. The minimum atomic E-state index is -1.46. The highest BCUT2D eigenvalue weighted by atomic mass is 19.1. The number of benzene rings is 2. The van der Waals surface area contributed by atoms with Crippen LogP contribution in [0.25, 0.3) is 0 Å². The number of carbonyl (C=O) groups excluding carboxylic acids is 1. The molecule has 0 spiro atoms. The van der Waals surface area contributed by atoms with E-state index >= 15 is 0 Å². The Kier molecular flexibility index (Phi) is 4.21. The van der Waals surface area contributed by atoms with Crippen molar-refractivity contribution in [2.24, 2.45) is 0 Å². The summed E-state index contributed by atoms with van der Waals surface area (Å²) in [5.41, 5.74) is -0.985. The van der Waals surface area contributed by atoms with Gasteiger partial charge in [-0.05, 0) is 31.2 Å². The highest BCUT2D eigenvalue weighted by Gasteiger charge is 2.38. The number of ether oxygens (including phenoxy) is 1. The zero-order chi connectivity index (χ0) is 15.5. The van der Waals surface area contributed by atoms with Gasteiger partial charge in [0, 0.05) is 11.3 Å². The van der Waals surface area contributed by atoms with E-state index in [-0.39, 0.29) is 5.56 Å². The number of rotatable bonds is 4. The van der Waals surface area contributed by atoms with Crippen LogP contribution in [0.3, 0.4) is 0 Å². The third kappa shape index (κ3) is 3.02. The Hall–Kier alpha value is -2.43. The topological polar surface area (TPSA) is 38.3 Å². The molecule has 0 amide bonds. The monoisotopic (exact) mass is 291 g/mol. The van der Waals surface area contributed by atoms with Gasteiger partial charge in [-0.2, -0.15) is 0 Å². The summed E-state index contributed by atoms with van der Waals surface area (Å²) in [5, 5.41) is 2.85. The molecule has 3 nitrogen and oxygen atoms in total. The lowest BCUT2D eigenvalue weighted by Crippen LogP contribution is -2.42. The summed E-state index contributed by atoms with van der Waals surface area (Å²) in [6.45, 7) is 1.49. The lowest BCUT2D eigenvalue weighted by Gasteiger charge is -2.29. The van der Waals surface area contributed by atoms with Crippen LogP contribution in [0.15, 0.2) is 48.5 Å². The number of nitrogens with one attached hydrogen (secondary N) is 1. The average Bonchev–Trinajstić information content (AvgIpc) is 2.46. The van der Waals surface area contributed by atoms with Crippen molar-refractivity contribution >= 4 is 11.7 Å². The van der Waals surface area contributed by atoms with Crippen molar-refractivity contribution in [3.05, 3.63) is 65.7 Å². The number of hydrogen-bond donors (Lipinski definition) is 1. The van der Waals surface area contributed by atoms with Crippen LogP contribution in [0.1, 0.15) is 12.5 Å². The molecule has 1 atom stereocenters. The van der Waals surface area contributed by atoms with E-state index in [4.69, 9.17) is 4.74 Å². The van der Waals surface area contributed by atoms with Crippen LogP contribution >= 0.6 is 0 Å². The molecule has 0 aliphatic rings. The summed E-state index contributed by atoms with van der Waals surface area (Å²) in [5.74, 6) is -1.67. The maximum absolute atomic E-state index is 14.0. The molecule has 0 aromatic heterocycles. The summed E-state index contributed by atoms with van der Waals surface area (Å²) < 4.78 is 32.1. The predicted octanol–water partition coefficient (Wildman–Crippen LogP) is 3.47. The van der Waals surface area contributed by atoms with Crippen molar-refractivity contribution in [1.82, 2.24) is 0 Å². The quantitative estimate of drug-likeness (QED) is 0.877. The van der Waals surface area contributed by atoms with Crippen molar-refractivity contribution < 1.29 is 18.3 Å². The molecule has 0 saturated heterocycles. The highest BCUT2D eigenvalue weighted by Crippen LogP contribution is 2.29. The fraction of sp³-hybridized carbons (Fsp3) is 0.188. The second-order valence-corrected chi connectivity index (χ2v) is 4.73. The summed E-state index contributed by atoms with van der Waals surface area (Å²) in [7, 11) is 1.22. The van der Waals surface area contributed by atoms with E-state index in [2.05, 4.69) is 5.32 Å². The van der Waals surface area contributed by atoms with Gasteiger partial charge in [-0.15, -0.1) is 0 Å². The fourth-order valence-electron chi connectivity index (χ4n) is 2.15. The molecule has 0 saturated carbocycles. The first-order chi connectivity index (χ1) is 9.97. The summed E-state index contributed by atoms with van der Waals surface area (Å²) in [6.07, 6.45) is 0. The van der Waals surface area contributed by atoms with Gasteiger partial charge < -0.3 is 10.1 Å². The van der Waals surface area contributed by atoms with Crippen molar-refractivity contribution in [3.63, 3.8) is 0 Å². The standard InChI is InChI=1S/C16H15F2NO2/c1-16(15(20)21-2,13-8-3-4-9-14(13)18)19-12-7-5-6-11(17)10-12/h3-10,19H,1-2H3. The average molecular weight is 291 g/mol. The molecule has 2 rings (SSSR count). The zero-order valence-corrected chi connectivity index (χ0v) is 11.7. The van der Waals surface area contributed by atoms with Crippen LogP contribution in [0.2, 0.25) is 0 Å². The summed E-state index contributed by atoms with van der Waals surface area (Å²) in [6, 6.07) is 11.5. The minimum absolute atomic E-state index is 0.126. The van der Waals surface area contributed by atoms with E-state index in [1.54, 1.807) is 12.1 Å². The number of esters is 1. The van der Waals surface area contributed by atoms with Crippen LogP contribution in [0, 0.1) is 11.6 Å².